The molecule has 0 unspecified atom stereocenters. The first-order valence-electron chi connectivity index (χ1n) is 8.53. The maximum absolute atomic E-state index is 11.2. The van der Waals surface area contributed by atoms with Crippen molar-refractivity contribution in [3.05, 3.63) is 51.5 Å². The Balaban J connectivity index is 1.54. The van der Waals surface area contributed by atoms with Crippen LogP contribution in [-0.4, -0.2) is 37.6 Å². The zero-order chi connectivity index (χ0) is 21.0. The fraction of sp³-hybridized carbons (Fsp3) is 0.263. The molecule has 3 aromatic rings. The Morgan fingerprint density at radius 1 is 1.24 bits per heavy atom. The third-order valence-electron chi connectivity index (χ3n) is 3.84. The summed E-state index contributed by atoms with van der Waals surface area (Å²) in [6.07, 6.45) is 0.580. The van der Waals surface area contributed by atoms with Gasteiger partial charge in [-0.2, -0.15) is 0 Å². The van der Waals surface area contributed by atoms with E-state index in [1.54, 1.807) is 44.2 Å². The number of carbonyl (C=O) groups is 1. The van der Waals surface area contributed by atoms with E-state index in [0.717, 1.165) is 15.6 Å². The number of rotatable bonds is 8. The van der Waals surface area contributed by atoms with E-state index < -0.39 is 10.7 Å². The van der Waals surface area contributed by atoms with E-state index in [2.05, 4.69) is 15.2 Å². The highest BCUT2D eigenvalue weighted by Crippen LogP contribution is 2.34. The Morgan fingerprint density at radius 3 is 2.69 bits per heavy atom. The number of ether oxygens (including phenoxy) is 1. The van der Waals surface area contributed by atoms with Crippen LogP contribution in [0.2, 0.25) is 10.0 Å². The first-order chi connectivity index (χ1) is 13.7. The standard InChI is InChI=1S/C19H17Cl2N3O3S2/c1-19(2,17(25)26)29-18-22-12(10-28-18)7-8-27-16-6-5-15(23-24-16)13-4-3-11(20)9-14(13)21/h3-6,9-10H,7-8H2,1-2H3,(H,25,26). The molecule has 0 aliphatic carbocycles. The number of nitrogens with zero attached hydrogens (tertiary/aromatic N) is 3. The van der Waals surface area contributed by atoms with Crippen LogP contribution in [0.1, 0.15) is 19.5 Å². The van der Waals surface area contributed by atoms with Crippen LogP contribution in [-0.2, 0) is 11.2 Å². The molecule has 2 heterocycles. The molecule has 0 spiro atoms. The normalized spacial score (nSPS) is 11.4. The number of hydrogen-bond donors (Lipinski definition) is 1. The first kappa shape index (κ1) is 21.8. The van der Waals surface area contributed by atoms with Gasteiger partial charge < -0.3 is 9.84 Å². The van der Waals surface area contributed by atoms with Gasteiger partial charge in [-0.25, -0.2) is 4.98 Å². The van der Waals surface area contributed by atoms with Crippen molar-refractivity contribution >= 4 is 52.3 Å². The molecule has 1 N–H and O–H groups in total. The molecular weight excluding hydrogens is 453 g/mol. The topological polar surface area (TPSA) is 85.2 Å². The molecule has 10 heteroatoms. The Hall–Kier alpha value is -1.87. The summed E-state index contributed by atoms with van der Waals surface area (Å²) in [5.41, 5.74) is 2.21. The summed E-state index contributed by atoms with van der Waals surface area (Å²) < 4.78 is 5.43. The van der Waals surface area contributed by atoms with E-state index in [1.165, 1.54) is 23.1 Å². The van der Waals surface area contributed by atoms with Crippen molar-refractivity contribution in [1.82, 2.24) is 15.2 Å². The Labute approximate surface area is 186 Å². The first-order valence-corrected chi connectivity index (χ1v) is 11.0. The minimum atomic E-state index is -0.921. The Morgan fingerprint density at radius 2 is 2.03 bits per heavy atom. The summed E-state index contributed by atoms with van der Waals surface area (Å²) in [6.45, 7) is 3.69. The molecule has 0 bridgehead atoms. The van der Waals surface area contributed by atoms with Gasteiger partial charge in [-0.3, -0.25) is 4.79 Å². The lowest BCUT2D eigenvalue weighted by molar-refractivity contribution is -0.138. The van der Waals surface area contributed by atoms with Crippen molar-refractivity contribution in [3.8, 4) is 17.1 Å². The van der Waals surface area contributed by atoms with Crippen molar-refractivity contribution in [3.63, 3.8) is 0 Å². The van der Waals surface area contributed by atoms with Crippen LogP contribution in [0.25, 0.3) is 11.3 Å². The second-order valence-electron chi connectivity index (χ2n) is 6.50. The van der Waals surface area contributed by atoms with Crippen molar-refractivity contribution in [2.45, 2.75) is 29.4 Å². The van der Waals surface area contributed by atoms with Gasteiger partial charge in [0.1, 0.15) is 4.75 Å². The lowest BCUT2D eigenvalue weighted by Gasteiger charge is -2.15. The summed E-state index contributed by atoms with van der Waals surface area (Å²) >= 11 is 14.8. The molecule has 0 aliphatic heterocycles. The SMILES string of the molecule is CC(C)(Sc1nc(CCOc2ccc(-c3ccc(Cl)cc3Cl)nn2)cs1)C(=O)O. The Kier molecular flexibility index (Phi) is 7.00. The molecule has 0 amide bonds. The second-order valence-corrected chi connectivity index (χ2v) is 10.1. The molecule has 0 saturated heterocycles. The van der Waals surface area contributed by atoms with Crippen molar-refractivity contribution in [2.24, 2.45) is 0 Å². The maximum Gasteiger partial charge on any atom is 0.319 e. The van der Waals surface area contributed by atoms with Gasteiger partial charge in [-0.1, -0.05) is 35.0 Å². The van der Waals surface area contributed by atoms with Crippen molar-refractivity contribution < 1.29 is 14.6 Å². The summed E-state index contributed by atoms with van der Waals surface area (Å²) in [6, 6.07) is 8.70. The zero-order valence-electron chi connectivity index (χ0n) is 15.6. The fourth-order valence-corrected chi connectivity index (χ4v) is 4.94. The number of halogens is 2. The van der Waals surface area contributed by atoms with Gasteiger partial charge in [0.2, 0.25) is 5.88 Å². The molecule has 0 radical (unpaired) electrons. The molecule has 6 nitrogen and oxygen atoms in total. The average Bonchev–Trinajstić information content (AvgIpc) is 3.09. The lowest BCUT2D eigenvalue weighted by Crippen LogP contribution is -2.26. The number of aromatic nitrogens is 3. The van der Waals surface area contributed by atoms with E-state index >= 15 is 0 Å². The van der Waals surface area contributed by atoms with Crippen LogP contribution in [0, 0.1) is 0 Å². The summed E-state index contributed by atoms with van der Waals surface area (Å²) in [5.74, 6) is -0.472. The highest BCUT2D eigenvalue weighted by Gasteiger charge is 2.29. The van der Waals surface area contributed by atoms with Crippen LogP contribution in [0.4, 0.5) is 0 Å². The molecule has 0 aliphatic rings. The third-order valence-corrected chi connectivity index (χ3v) is 6.56. The number of thiazole rings is 1. The van der Waals surface area contributed by atoms with E-state index in [4.69, 9.17) is 27.9 Å². The minimum Gasteiger partial charge on any atom is -0.480 e. The zero-order valence-corrected chi connectivity index (χ0v) is 18.7. The monoisotopic (exact) mass is 469 g/mol. The van der Waals surface area contributed by atoms with Gasteiger partial charge >= 0.3 is 5.97 Å². The highest BCUT2D eigenvalue weighted by molar-refractivity contribution is 8.02. The van der Waals surface area contributed by atoms with Crippen LogP contribution >= 0.6 is 46.3 Å². The van der Waals surface area contributed by atoms with E-state index in [-0.39, 0.29) is 0 Å². The van der Waals surface area contributed by atoms with Gasteiger partial charge in [0.25, 0.3) is 0 Å². The molecule has 0 saturated carbocycles. The molecule has 152 valence electrons. The molecule has 0 atom stereocenters. The maximum atomic E-state index is 11.2. The Bertz CT molecular complexity index is 1010. The van der Waals surface area contributed by atoms with E-state index in [9.17, 15) is 9.90 Å². The number of benzene rings is 1. The minimum absolute atomic E-state index is 0.381. The number of thioether (sulfide) groups is 1. The van der Waals surface area contributed by atoms with Gasteiger partial charge in [0.15, 0.2) is 4.34 Å². The van der Waals surface area contributed by atoms with Gasteiger partial charge in [0, 0.05) is 28.5 Å². The number of carboxylic acids is 1. The van der Waals surface area contributed by atoms with Crippen LogP contribution < -0.4 is 4.74 Å². The van der Waals surface area contributed by atoms with Gasteiger partial charge in [-0.05, 0) is 38.1 Å². The van der Waals surface area contributed by atoms with Crippen LogP contribution in [0.5, 0.6) is 5.88 Å². The molecule has 29 heavy (non-hydrogen) atoms. The second kappa shape index (κ2) is 9.30. The number of carboxylic acid groups (broad SMARTS) is 1. The summed E-state index contributed by atoms with van der Waals surface area (Å²) in [5, 5.41) is 20.4. The average molecular weight is 470 g/mol. The highest BCUT2D eigenvalue weighted by atomic mass is 35.5. The lowest BCUT2D eigenvalue weighted by atomic mass is 10.1. The molecule has 3 rings (SSSR count). The predicted molar refractivity (Wildman–Crippen MR) is 116 cm³/mol. The molecule has 2 aromatic heterocycles. The number of aliphatic carboxylic acids is 1. The van der Waals surface area contributed by atoms with Gasteiger partial charge in [0.05, 0.1) is 23.0 Å². The molecule has 1 aromatic carbocycles. The van der Waals surface area contributed by atoms with Gasteiger partial charge in [-0.15, -0.1) is 21.5 Å². The summed E-state index contributed by atoms with van der Waals surface area (Å²) in [7, 11) is 0. The number of hydrogen-bond acceptors (Lipinski definition) is 7. The summed E-state index contributed by atoms with van der Waals surface area (Å²) in [4.78, 5) is 15.7. The smallest absolute Gasteiger partial charge is 0.319 e. The third kappa shape index (κ3) is 5.82. The van der Waals surface area contributed by atoms with Crippen LogP contribution in [0.15, 0.2) is 40.1 Å². The van der Waals surface area contributed by atoms with Crippen LogP contribution in [0.3, 0.4) is 0 Å². The molecular formula is C19H17Cl2N3O3S2. The fourth-order valence-electron chi connectivity index (χ4n) is 2.21. The van der Waals surface area contributed by atoms with Crippen molar-refractivity contribution in [2.75, 3.05) is 6.61 Å². The van der Waals surface area contributed by atoms with Crippen molar-refractivity contribution in [1.29, 1.82) is 0 Å². The van der Waals surface area contributed by atoms with E-state index in [0.29, 0.717) is 34.6 Å². The van der Waals surface area contributed by atoms with E-state index in [1.807, 2.05) is 5.38 Å². The largest absolute Gasteiger partial charge is 0.480 e. The quantitative estimate of drug-likeness (QED) is 0.436. The molecule has 0 fully saturated rings. The predicted octanol–water partition coefficient (Wildman–Crippen LogP) is 5.48.